The normalized spacial score (nSPS) is 11.0. The van der Waals surface area contributed by atoms with Gasteiger partial charge in [0, 0.05) is 18.5 Å². The maximum Gasteiger partial charge on any atom is 0.168 e. The Morgan fingerprint density at radius 2 is 1.50 bits per heavy atom. The fourth-order valence-corrected chi connectivity index (χ4v) is 3.43. The van der Waals surface area contributed by atoms with Gasteiger partial charge in [0.15, 0.2) is 5.16 Å². The number of aliphatic hydroxyl groups is 1. The number of hydrogen-bond acceptors (Lipinski definition) is 3. The SMILES string of the molecule is Cc1ccc(CSc2nc(CO)cn2Cc2ccc(C)cc2)cc1. The first kappa shape index (κ1) is 16.8. The summed E-state index contributed by atoms with van der Waals surface area (Å²) in [4.78, 5) is 4.55. The minimum Gasteiger partial charge on any atom is -0.390 e. The summed E-state index contributed by atoms with van der Waals surface area (Å²) in [7, 11) is 0. The molecule has 0 atom stereocenters. The minimum absolute atomic E-state index is 0.0288. The van der Waals surface area contributed by atoms with Gasteiger partial charge in [0.2, 0.25) is 0 Å². The van der Waals surface area contributed by atoms with Gasteiger partial charge in [-0.2, -0.15) is 0 Å². The molecule has 3 nitrogen and oxygen atoms in total. The molecule has 0 aliphatic carbocycles. The number of thioether (sulfide) groups is 1. The van der Waals surface area contributed by atoms with Crippen LogP contribution >= 0.6 is 11.8 Å². The van der Waals surface area contributed by atoms with Crippen LogP contribution in [-0.4, -0.2) is 14.7 Å². The van der Waals surface area contributed by atoms with Crippen LogP contribution < -0.4 is 0 Å². The second kappa shape index (κ2) is 7.69. The van der Waals surface area contributed by atoms with Crippen molar-refractivity contribution in [1.82, 2.24) is 9.55 Å². The molecule has 0 aliphatic heterocycles. The molecular formula is C20H22N2OS. The highest BCUT2D eigenvalue weighted by atomic mass is 32.2. The van der Waals surface area contributed by atoms with Crippen molar-refractivity contribution < 1.29 is 5.11 Å². The van der Waals surface area contributed by atoms with Crippen molar-refractivity contribution in [3.63, 3.8) is 0 Å². The molecule has 0 spiro atoms. The first-order valence-electron chi connectivity index (χ1n) is 8.05. The Labute approximate surface area is 147 Å². The third-order valence-electron chi connectivity index (χ3n) is 3.91. The molecule has 1 aromatic heterocycles. The van der Waals surface area contributed by atoms with Crippen LogP contribution in [0.1, 0.15) is 27.9 Å². The highest BCUT2D eigenvalue weighted by Crippen LogP contribution is 2.24. The van der Waals surface area contributed by atoms with Gasteiger partial charge >= 0.3 is 0 Å². The van der Waals surface area contributed by atoms with E-state index in [1.807, 2.05) is 6.20 Å². The van der Waals surface area contributed by atoms with Gasteiger partial charge in [-0.05, 0) is 25.0 Å². The first-order valence-corrected chi connectivity index (χ1v) is 9.03. The lowest BCUT2D eigenvalue weighted by atomic mass is 10.1. The molecule has 3 aromatic rings. The molecule has 1 heterocycles. The summed E-state index contributed by atoms with van der Waals surface area (Å²) in [6.07, 6.45) is 1.94. The van der Waals surface area contributed by atoms with Crippen molar-refractivity contribution in [3.05, 3.63) is 82.7 Å². The third kappa shape index (κ3) is 4.28. The summed E-state index contributed by atoms with van der Waals surface area (Å²) in [5, 5.41) is 10.4. The summed E-state index contributed by atoms with van der Waals surface area (Å²) in [5.74, 6) is 0.871. The van der Waals surface area contributed by atoms with Gasteiger partial charge in [0.05, 0.1) is 12.3 Å². The lowest BCUT2D eigenvalue weighted by Crippen LogP contribution is -2.00. The van der Waals surface area contributed by atoms with E-state index in [1.165, 1.54) is 22.3 Å². The van der Waals surface area contributed by atoms with Gasteiger partial charge in [0.25, 0.3) is 0 Å². The van der Waals surface area contributed by atoms with Gasteiger partial charge in [-0.15, -0.1) is 0 Å². The maximum absolute atomic E-state index is 9.41. The number of aliphatic hydroxyl groups excluding tert-OH is 1. The van der Waals surface area contributed by atoms with Crippen LogP contribution in [0.2, 0.25) is 0 Å². The van der Waals surface area contributed by atoms with Gasteiger partial charge in [-0.25, -0.2) is 4.98 Å². The second-order valence-electron chi connectivity index (χ2n) is 6.06. The van der Waals surface area contributed by atoms with Crippen LogP contribution in [0, 0.1) is 13.8 Å². The molecule has 3 rings (SSSR count). The Balaban J connectivity index is 1.75. The predicted octanol–water partition coefficient (Wildman–Crippen LogP) is 4.33. The van der Waals surface area contributed by atoms with E-state index in [1.54, 1.807) is 11.8 Å². The van der Waals surface area contributed by atoms with E-state index >= 15 is 0 Å². The van der Waals surface area contributed by atoms with Crippen molar-refractivity contribution in [2.45, 2.75) is 37.9 Å². The second-order valence-corrected chi connectivity index (χ2v) is 7.00. The van der Waals surface area contributed by atoms with Crippen molar-refractivity contribution >= 4 is 11.8 Å². The lowest BCUT2D eigenvalue weighted by Gasteiger charge is -2.08. The van der Waals surface area contributed by atoms with E-state index in [0.29, 0.717) is 5.69 Å². The van der Waals surface area contributed by atoms with E-state index in [-0.39, 0.29) is 6.61 Å². The Bertz CT molecular complexity index is 792. The van der Waals surface area contributed by atoms with E-state index in [2.05, 4.69) is 71.9 Å². The molecule has 0 bridgehead atoms. The zero-order valence-electron chi connectivity index (χ0n) is 14.1. The standard InChI is InChI=1S/C20H22N2OS/c1-15-3-7-17(8-4-15)11-22-12-19(13-23)21-20(22)24-14-18-9-5-16(2)6-10-18/h3-10,12,23H,11,13-14H2,1-2H3. The summed E-state index contributed by atoms with van der Waals surface area (Å²) >= 11 is 1.71. The van der Waals surface area contributed by atoms with Crippen LogP contribution in [-0.2, 0) is 18.9 Å². The number of rotatable bonds is 6. The number of benzene rings is 2. The Morgan fingerprint density at radius 1 is 0.917 bits per heavy atom. The molecule has 0 amide bonds. The molecule has 2 aromatic carbocycles. The quantitative estimate of drug-likeness (QED) is 0.680. The van der Waals surface area contributed by atoms with E-state index in [4.69, 9.17) is 0 Å². The largest absolute Gasteiger partial charge is 0.390 e. The summed E-state index contributed by atoms with van der Waals surface area (Å²) in [6.45, 7) is 4.93. The monoisotopic (exact) mass is 338 g/mol. The molecular weight excluding hydrogens is 316 g/mol. The predicted molar refractivity (Wildman–Crippen MR) is 99.2 cm³/mol. The van der Waals surface area contributed by atoms with Crippen molar-refractivity contribution in [2.24, 2.45) is 0 Å². The van der Waals surface area contributed by atoms with Crippen LogP contribution in [0.5, 0.6) is 0 Å². The average molecular weight is 338 g/mol. The zero-order valence-corrected chi connectivity index (χ0v) is 14.9. The lowest BCUT2D eigenvalue weighted by molar-refractivity contribution is 0.277. The third-order valence-corrected chi connectivity index (χ3v) is 4.98. The molecule has 0 unspecified atom stereocenters. The number of imidazole rings is 1. The molecule has 24 heavy (non-hydrogen) atoms. The number of aromatic nitrogens is 2. The molecule has 0 aliphatic rings. The molecule has 0 radical (unpaired) electrons. The van der Waals surface area contributed by atoms with Gasteiger partial charge in [0.1, 0.15) is 0 Å². The fourth-order valence-electron chi connectivity index (χ4n) is 2.48. The highest BCUT2D eigenvalue weighted by Gasteiger charge is 2.09. The smallest absolute Gasteiger partial charge is 0.168 e. The van der Waals surface area contributed by atoms with Crippen molar-refractivity contribution in [2.75, 3.05) is 0 Å². The van der Waals surface area contributed by atoms with Crippen molar-refractivity contribution in [1.29, 1.82) is 0 Å². The van der Waals surface area contributed by atoms with Gasteiger partial charge < -0.3 is 9.67 Å². The van der Waals surface area contributed by atoms with Gasteiger partial charge in [-0.1, -0.05) is 71.4 Å². The Kier molecular flexibility index (Phi) is 5.38. The summed E-state index contributed by atoms with van der Waals surface area (Å²) in [5.41, 5.74) is 5.76. The van der Waals surface area contributed by atoms with Crippen LogP contribution in [0.3, 0.4) is 0 Å². The first-order chi connectivity index (χ1) is 11.6. The van der Waals surface area contributed by atoms with E-state index in [0.717, 1.165) is 17.5 Å². The molecule has 4 heteroatoms. The molecule has 124 valence electrons. The van der Waals surface area contributed by atoms with Crippen molar-refractivity contribution in [3.8, 4) is 0 Å². The van der Waals surface area contributed by atoms with E-state index < -0.39 is 0 Å². The minimum atomic E-state index is -0.0288. The topological polar surface area (TPSA) is 38.1 Å². The van der Waals surface area contributed by atoms with Crippen LogP contribution in [0.4, 0.5) is 0 Å². The fraction of sp³-hybridized carbons (Fsp3) is 0.250. The molecule has 0 fully saturated rings. The Morgan fingerprint density at radius 3 is 2.08 bits per heavy atom. The van der Waals surface area contributed by atoms with Crippen LogP contribution in [0.25, 0.3) is 0 Å². The Hall–Kier alpha value is -2.04. The maximum atomic E-state index is 9.41. The van der Waals surface area contributed by atoms with Gasteiger partial charge in [-0.3, -0.25) is 0 Å². The highest BCUT2D eigenvalue weighted by molar-refractivity contribution is 7.98. The molecule has 0 saturated heterocycles. The van der Waals surface area contributed by atoms with Crippen LogP contribution in [0.15, 0.2) is 59.9 Å². The molecule has 1 N–H and O–H groups in total. The zero-order chi connectivity index (χ0) is 16.9. The molecule has 0 saturated carbocycles. The summed E-state index contributed by atoms with van der Waals surface area (Å²) in [6, 6.07) is 17.1. The average Bonchev–Trinajstić information content (AvgIpc) is 2.98. The number of hydrogen-bond donors (Lipinski definition) is 1. The summed E-state index contributed by atoms with van der Waals surface area (Å²) < 4.78 is 2.12. The number of aryl methyl sites for hydroxylation is 2. The number of nitrogens with zero attached hydrogens (tertiary/aromatic N) is 2. The van der Waals surface area contributed by atoms with E-state index in [9.17, 15) is 5.11 Å².